The van der Waals surface area contributed by atoms with Gasteiger partial charge in [0.2, 0.25) is 10.0 Å². The van der Waals surface area contributed by atoms with E-state index in [9.17, 15) is 18.0 Å². The maximum absolute atomic E-state index is 12.3. The number of ether oxygens (including phenoxy) is 2. The van der Waals surface area contributed by atoms with Crippen LogP contribution in [0, 0.1) is 0 Å². The fourth-order valence-corrected chi connectivity index (χ4v) is 3.43. The molecule has 0 aliphatic carbocycles. The van der Waals surface area contributed by atoms with E-state index in [4.69, 9.17) is 4.74 Å². The van der Waals surface area contributed by atoms with Crippen molar-refractivity contribution in [3.05, 3.63) is 29.8 Å². The minimum Gasteiger partial charge on any atom is -0.465 e. The van der Waals surface area contributed by atoms with Gasteiger partial charge in [0.05, 0.1) is 19.3 Å². The van der Waals surface area contributed by atoms with Crippen molar-refractivity contribution in [3.8, 4) is 0 Å². The predicted molar refractivity (Wildman–Crippen MR) is 85.4 cm³/mol. The first kappa shape index (κ1) is 18.2. The number of esters is 2. The molecule has 0 bridgehead atoms. The van der Waals surface area contributed by atoms with Gasteiger partial charge in [-0.2, -0.15) is 0 Å². The number of anilines is 1. The van der Waals surface area contributed by atoms with E-state index in [1.807, 2.05) is 0 Å². The Morgan fingerprint density at radius 3 is 2.50 bits per heavy atom. The minimum absolute atomic E-state index is 0.0361. The Morgan fingerprint density at radius 2 is 1.92 bits per heavy atom. The molecule has 0 aromatic heterocycles. The van der Waals surface area contributed by atoms with Gasteiger partial charge in [-0.15, -0.1) is 0 Å². The lowest BCUT2D eigenvalue weighted by atomic mass is 10.2. The number of carbonyl (C=O) groups excluding carboxylic acids is 2. The van der Waals surface area contributed by atoms with Crippen molar-refractivity contribution in [1.82, 2.24) is 10.9 Å². The Kier molecular flexibility index (Phi) is 5.75. The quantitative estimate of drug-likeness (QED) is 0.607. The zero-order valence-electron chi connectivity index (χ0n) is 13.2. The Hall–Kier alpha value is -2.17. The fraction of sp³-hybridized carbons (Fsp3) is 0.429. The topological polar surface area (TPSA) is 123 Å². The number of methoxy groups -OCH3 is 1. The molecular weight excluding hydrogens is 338 g/mol. The molecule has 10 heteroatoms. The van der Waals surface area contributed by atoms with E-state index in [1.54, 1.807) is 6.92 Å². The van der Waals surface area contributed by atoms with E-state index in [-0.39, 0.29) is 13.0 Å². The van der Waals surface area contributed by atoms with E-state index in [1.165, 1.54) is 31.4 Å². The molecule has 2 atom stereocenters. The molecule has 24 heavy (non-hydrogen) atoms. The van der Waals surface area contributed by atoms with E-state index >= 15 is 0 Å². The summed E-state index contributed by atoms with van der Waals surface area (Å²) < 4.78 is 36.5. The number of sulfonamides is 1. The minimum atomic E-state index is -3.78. The van der Waals surface area contributed by atoms with Crippen LogP contribution in [0.1, 0.15) is 23.7 Å². The number of carbonyl (C=O) groups is 2. The SMILES string of the molecule is CCOC(=O)C1CC(S(=O)(=O)Nc2ccc(C(=O)OC)cc2)NN1. The van der Waals surface area contributed by atoms with Crippen LogP contribution in [-0.2, 0) is 24.3 Å². The van der Waals surface area contributed by atoms with Gasteiger partial charge in [-0.3, -0.25) is 9.52 Å². The third-order valence-electron chi connectivity index (χ3n) is 3.38. The molecule has 132 valence electrons. The van der Waals surface area contributed by atoms with E-state index in [0.717, 1.165) is 0 Å². The van der Waals surface area contributed by atoms with Gasteiger partial charge < -0.3 is 9.47 Å². The van der Waals surface area contributed by atoms with Crippen molar-refractivity contribution in [1.29, 1.82) is 0 Å². The number of nitrogens with one attached hydrogen (secondary N) is 3. The summed E-state index contributed by atoms with van der Waals surface area (Å²) in [5.74, 6) is -1.02. The van der Waals surface area contributed by atoms with Crippen LogP contribution in [0.25, 0.3) is 0 Å². The smallest absolute Gasteiger partial charge is 0.337 e. The highest BCUT2D eigenvalue weighted by molar-refractivity contribution is 7.93. The monoisotopic (exact) mass is 357 g/mol. The third-order valence-corrected chi connectivity index (χ3v) is 4.96. The van der Waals surface area contributed by atoms with Crippen molar-refractivity contribution in [2.45, 2.75) is 24.8 Å². The summed E-state index contributed by atoms with van der Waals surface area (Å²) in [5, 5.41) is -0.993. The lowest BCUT2D eigenvalue weighted by Gasteiger charge is -2.13. The highest BCUT2D eigenvalue weighted by Gasteiger charge is 2.37. The fourth-order valence-electron chi connectivity index (χ4n) is 2.16. The molecule has 0 spiro atoms. The van der Waals surface area contributed by atoms with Crippen LogP contribution in [0.15, 0.2) is 24.3 Å². The second-order valence-electron chi connectivity index (χ2n) is 5.03. The molecule has 1 saturated heterocycles. The lowest BCUT2D eigenvalue weighted by molar-refractivity contribution is -0.145. The van der Waals surface area contributed by atoms with E-state index in [2.05, 4.69) is 20.3 Å². The number of hydrogen-bond donors (Lipinski definition) is 3. The maximum Gasteiger partial charge on any atom is 0.337 e. The summed E-state index contributed by atoms with van der Waals surface area (Å²) in [6.07, 6.45) is 0.0361. The molecule has 1 aromatic rings. The van der Waals surface area contributed by atoms with Crippen molar-refractivity contribution < 1.29 is 27.5 Å². The van der Waals surface area contributed by atoms with Crippen LogP contribution >= 0.6 is 0 Å². The van der Waals surface area contributed by atoms with Gasteiger partial charge in [0, 0.05) is 12.1 Å². The van der Waals surface area contributed by atoms with Crippen LogP contribution in [0.4, 0.5) is 5.69 Å². The molecule has 0 amide bonds. The zero-order chi connectivity index (χ0) is 17.7. The van der Waals surface area contributed by atoms with Crippen LogP contribution in [0.2, 0.25) is 0 Å². The van der Waals surface area contributed by atoms with Gasteiger partial charge >= 0.3 is 11.9 Å². The van der Waals surface area contributed by atoms with Gasteiger partial charge in [0.1, 0.15) is 11.4 Å². The highest BCUT2D eigenvalue weighted by Crippen LogP contribution is 2.17. The third kappa shape index (κ3) is 4.22. The summed E-state index contributed by atoms with van der Waals surface area (Å²) in [4.78, 5) is 23.0. The molecule has 1 aromatic carbocycles. The summed E-state index contributed by atoms with van der Waals surface area (Å²) in [6, 6.07) is 5.08. The highest BCUT2D eigenvalue weighted by atomic mass is 32.2. The second-order valence-corrected chi connectivity index (χ2v) is 6.90. The molecule has 1 fully saturated rings. The normalized spacial score (nSPS) is 20.4. The maximum atomic E-state index is 12.3. The van der Waals surface area contributed by atoms with Crippen LogP contribution in [-0.4, -0.2) is 45.5 Å². The molecule has 1 aliphatic heterocycles. The summed E-state index contributed by atoms with van der Waals surface area (Å²) in [5.41, 5.74) is 5.78. The largest absolute Gasteiger partial charge is 0.465 e. The molecule has 2 rings (SSSR count). The van der Waals surface area contributed by atoms with Crippen molar-refractivity contribution in [3.63, 3.8) is 0 Å². The Labute approximate surface area is 139 Å². The molecule has 1 heterocycles. The zero-order valence-corrected chi connectivity index (χ0v) is 14.1. The molecule has 0 saturated carbocycles. The summed E-state index contributed by atoms with van der Waals surface area (Å²) in [7, 11) is -2.52. The number of rotatable bonds is 6. The van der Waals surface area contributed by atoms with E-state index in [0.29, 0.717) is 11.3 Å². The first-order chi connectivity index (χ1) is 11.4. The van der Waals surface area contributed by atoms with Crippen molar-refractivity contribution in [2.24, 2.45) is 0 Å². The average Bonchev–Trinajstić information content (AvgIpc) is 3.06. The van der Waals surface area contributed by atoms with Crippen LogP contribution in [0.5, 0.6) is 0 Å². The van der Waals surface area contributed by atoms with Crippen molar-refractivity contribution in [2.75, 3.05) is 18.4 Å². The lowest BCUT2D eigenvalue weighted by Crippen LogP contribution is -2.41. The summed E-state index contributed by atoms with van der Waals surface area (Å²) >= 11 is 0. The van der Waals surface area contributed by atoms with Gasteiger partial charge in [-0.25, -0.2) is 24.1 Å². The first-order valence-corrected chi connectivity index (χ1v) is 8.79. The molecule has 3 N–H and O–H groups in total. The number of hydrogen-bond acceptors (Lipinski definition) is 8. The Morgan fingerprint density at radius 1 is 1.25 bits per heavy atom. The van der Waals surface area contributed by atoms with Gasteiger partial charge in [-0.05, 0) is 31.2 Å². The molecule has 2 unspecified atom stereocenters. The van der Waals surface area contributed by atoms with Gasteiger partial charge in [-0.1, -0.05) is 0 Å². The Balaban J connectivity index is 2.01. The first-order valence-electron chi connectivity index (χ1n) is 7.25. The average molecular weight is 357 g/mol. The predicted octanol–water partition coefficient (Wildman–Crippen LogP) is -0.0294. The molecular formula is C14H19N3O6S. The molecule has 0 radical (unpaired) electrons. The van der Waals surface area contributed by atoms with E-state index < -0.39 is 33.4 Å². The summed E-state index contributed by atoms with van der Waals surface area (Å²) in [6.45, 7) is 1.90. The van der Waals surface area contributed by atoms with Gasteiger partial charge in [0.25, 0.3) is 0 Å². The number of benzene rings is 1. The number of hydrazine groups is 1. The Bertz CT molecular complexity index is 704. The second kappa shape index (κ2) is 7.60. The van der Waals surface area contributed by atoms with Crippen LogP contribution < -0.4 is 15.6 Å². The van der Waals surface area contributed by atoms with Crippen molar-refractivity contribution >= 4 is 27.6 Å². The van der Waals surface area contributed by atoms with Crippen LogP contribution in [0.3, 0.4) is 0 Å². The molecule has 1 aliphatic rings. The standard InChI is InChI=1S/C14H19N3O6S/c1-3-23-14(19)11-8-12(16-15-11)24(20,21)17-10-6-4-9(5-7-10)13(18)22-2/h4-7,11-12,15-17H,3,8H2,1-2H3. The molecule has 9 nitrogen and oxygen atoms in total. The van der Waals surface area contributed by atoms with Gasteiger partial charge in [0.15, 0.2) is 0 Å².